The maximum Gasteiger partial charge on any atom is 0.322 e. The Balaban J connectivity index is 1.44. The van der Waals surface area contributed by atoms with Crippen LogP contribution in [-0.2, 0) is 9.53 Å². The Hall–Kier alpha value is -1.83. The molecule has 5 amide bonds. The summed E-state index contributed by atoms with van der Waals surface area (Å²) in [6, 6.07) is -0.377. The van der Waals surface area contributed by atoms with Crippen LogP contribution in [0.4, 0.5) is 9.59 Å². The van der Waals surface area contributed by atoms with Gasteiger partial charge >= 0.3 is 12.1 Å². The van der Waals surface area contributed by atoms with E-state index in [4.69, 9.17) is 4.74 Å². The first-order valence-corrected chi connectivity index (χ1v) is 8.70. The molecule has 134 valence electrons. The molecule has 3 rings (SSSR count). The zero-order valence-corrected chi connectivity index (χ0v) is 14.1. The van der Waals surface area contributed by atoms with Crippen LogP contribution in [0.25, 0.3) is 0 Å². The predicted molar refractivity (Wildman–Crippen MR) is 86.4 cm³/mol. The number of urea groups is 2. The number of piperidine rings is 1. The first-order valence-electron chi connectivity index (χ1n) is 8.70. The molecule has 1 aliphatic carbocycles. The third-order valence-electron chi connectivity index (χ3n) is 5.49. The van der Waals surface area contributed by atoms with Crippen LogP contribution in [0.3, 0.4) is 0 Å². The van der Waals surface area contributed by atoms with Crippen molar-refractivity contribution in [2.75, 3.05) is 26.8 Å². The summed E-state index contributed by atoms with van der Waals surface area (Å²) in [5, 5.41) is 8.12. The molecule has 8 nitrogen and oxygen atoms in total. The topological polar surface area (TPSA) is 99.8 Å². The van der Waals surface area contributed by atoms with Gasteiger partial charge in [0.05, 0.1) is 0 Å². The van der Waals surface area contributed by atoms with Gasteiger partial charge in [0.25, 0.3) is 5.91 Å². The first kappa shape index (κ1) is 17.0. The maximum absolute atomic E-state index is 12.4. The molecule has 3 N–H and O–H groups in total. The Bertz CT molecular complexity index is 508. The Kier molecular flexibility index (Phi) is 4.93. The smallest absolute Gasteiger partial charge is 0.322 e. The number of nitrogens with zero attached hydrogens (tertiary/aromatic N) is 1. The molecule has 2 heterocycles. The highest BCUT2D eigenvalue weighted by Crippen LogP contribution is 2.31. The number of carbonyl (C=O) groups is 3. The fourth-order valence-electron chi connectivity index (χ4n) is 3.94. The fourth-order valence-corrected chi connectivity index (χ4v) is 3.94. The van der Waals surface area contributed by atoms with Crippen LogP contribution in [-0.4, -0.2) is 61.3 Å². The normalized spacial score (nSPS) is 31.0. The van der Waals surface area contributed by atoms with E-state index in [0.717, 1.165) is 32.5 Å². The first-order chi connectivity index (χ1) is 11.5. The SMILES string of the molecule is COCC1CCN(C(=O)NC2CCC3(CC2)NC(=O)NC3=O)CC1. The molecule has 0 unspecified atom stereocenters. The van der Waals surface area contributed by atoms with Crippen LogP contribution in [0.2, 0.25) is 0 Å². The summed E-state index contributed by atoms with van der Waals surface area (Å²) in [4.78, 5) is 37.5. The lowest BCUT2D eigenvalue weighted by Gasteiger charge is -2.37. The number of methoxy groups -OCH3 is 1. The highest BCUT2D eigenvalue weighted by Gasteiger charge is 2.48. The molecule has 0 aromatic carbocycles. The molecule has 3 fully saturated rings. The Morgan fingerprint density at radius 3 is 2.46 bits per heavy atom. The van der Waals surface area contributed by atoms with E-state index in [0.29, 0.717) is 31.6 Å². The maximum atomic E-state index is 12.4. The van der Waals surface area contributed by atoms with E-state index >= 15 is 0 Å². The van der Waals surface area contributed by atoms with Gasteiger partial charge in [-0.25, -0.2) is 9.59 Å². The van der Waals surface area contributed by atoms with E-state index in [9.17, 15) is 14.4 Å². The molecule has 2 saturated heterocycles. The predicted octanol–water partition coefficient (Wildman–Crippen LogP) is 0.575. The second-order valence-corrected chi connectivity index (χ2v) is 7.10. The van der Waals surface area contributed by atoms with Gasteiger partial charge in [-0.3, -0.25) is 10.1 Å². The quantitative estimate of drug-likeness (QED) is 0.655. The minimum absolute atomic E-state index is 0.0216. The van der Waals surface area contributed by atoms with Crippen LogP contribution in [0, 0.1) is 5.92 Å². The van der Waals surface area contributed by atoms with Crippen LogP contribution < -0.4 is 16.0 Å². The molecule has 0 aromatic rings. The van der Waals surface area contributed by atoms with Crippen molar-refractivity contribution >= 4 is 18.0 Å². The zero-order chi connectivity index (χ0) is 17.2. The van der Waals surface area contributed by atoms with Gasteiger partial charge in [0.15, 0.2) is 0 Å². The Morgan fingerprint density at radius 1 is 1.25 bits per heavy atom. The van der Waals surface area contributed by atoms with E-state index in [1.54, 1.807) is 7.11 Å². The summed E-state index contributed by atoms with van der Waals surface area (Å²) in [6.07, 6.45) is 4.46. The molecule has 1 spiro atoms. The summed E-state index contributed by atoms with van der Waals surface area (Å²) < 4.78 is 5.18. The number of ether oxygens (including phenoxy) is 1. The van der Waals surface area contributed by atoms with E-state index in [1.165, 1.54) is 0 Å². The lowest BCUT2D eigenvalue weighted by Crippen LogP contribution is -2.54. The molecule has 3 aliphatic rings. The van der Waals surface area contributed by atoms with Crippen molar-refractivity contribution in [3.8, 4) is 0 Å². The van der Waals surface area contributed by atoms with E-state index in [2.05, 4.69) is 16.0 Å². The summed E-state index contributed by atoms with van der Waals surface area (Å²) in [5.41, 5.74) is -0.767. The minimum atomic E-state index is -0.767. The molecule has 24 heavy (non-hydrogen) atoms. The zero-order valence-electron chi connectivity index (χ0n) is 14.1. The highest BCUT2D eigenvalue weighted by molar-refractivity contribution is 6.07. The number of amides is 5. The van der Waals surface area contributed by atoms with Crippen molar-refractivity contribution in [1.82, 2.24) is 20.9 Å². The number of rotatable bonds is 3. The third kappa shape index (κ3) is 3.48. The van der Waals surface area contributed by atoms with Gasteiger partial charge < -0.3 is 20.3 Å². The highest BCUT2D eigenvalue weighted by atomic mass is 16.5. The number of likely N-dealkylation sites (tertiary alicyclic amines) is 1. The van der Waals surface area contributed by atoms with Crippen molar-refractivity contribution in [1.29, 1.82) is 0 Å². The second-order valence-electron chi connectivity index (χ2n) is 7.10. The fraction of sp³-hybridized carbons (Fsp3) is 0.812. The van der Waals surface area contributed by atoms with Crippen molar-refractivity contribution in [3.05, 3.63) is 0 Å². The summed E-state index contributed by atoms with van der Waals surface area (Å²) in [7, 11) is 1.71. The van der Waals surface area contributed by atoms with Gasteiger partial charge in [0, 0.05) is 32.8 Å². The lowest BCUT2D eigenvalue weighted by atomic mass is 9.79. The van der Waals surface area contributed by atoms with E-state index in [1.807, 2.05) is 4.90 Å². The molecule has 2 aliphatic heterocycles. The second kappa shape index (κ2) is 6.96. The monoisotopic (exact) mass is 338 g/mol. The number of hydrogen-bond acceptors (Lipinski definition) is 4. The van der Waals surface area contributed by atoms with Crippen LogP contribution in [0.5, 0.6) is 0 Å². The van der Waals surface area contributed by atoms with Crippen molar-refractivity contribution in [2.24, 2.45) is 5.92 Å². The summed E-state index contributed by atoms with van der Waals surface area (Å²) >= 11 is 0. The Morgan fingerprint density at radius 2 is 1.92 bits per heavy atom. The molecule has 8 heteroatoms. The molecular weight excluding hydrogens is 312 g/mol. The molecular formula is C16H26N4O4. The van der Waals surface area contributed by atoms with E-state index < -0.39 is 11.6 Å². The van der Waals surface area contributed by atoms with Gasteiger partial charge in [-0.2, -0.15) is 0 Å². The largest absolute Gasteiger partial charge is 0.384 e. The third-order valence-corrected chi connectivity index (χ3v) is 5.49. The summed E-state index contributed by atoms with van der Waals surface area (Å²) in [6.45, 7) is 2.28. The number of imide groups is 1. The number of nitrogens with one attached hydrogen (secondary N) is 3. The number of carbonyl (C=O) groups excluding carboxylic acids is 3. The molecule has 0 radical (unpaired) electrons. The van der Waals surface area contributed by atoms with Crippen molar-refractivity contribution in [3.63, 3.8) is 0 Å². The molecule has 0 bridgehead atoms. The Labute approximate surface area is 141 Å². The van der Waals surface area contributed by atoms with Gasteiger partial charge in [-0.1, -0.05) is 0 Å². The minimum Gasteiger partial charge on any atom is -0.384 e. The molecule has 0 atom stereocenters. The van der Waals surface area contributed by atoms with Crippen LogP contribution in [0.15, 0.2) is 0 Å². The van der Waals surface area contributed by atoms with Gasteiger partial charge in [-0.05, 0) is 44.4 Å². The van der Waals surface area contributed by atoms with Crippen molar-refractivity contribution < 1.29 is 19.1 Å². The van der Waals surface area contributed by atoms with Gasteiger partial charge in [-0.15, -0.1) is 0 Å². The van der Waals surface area contributed by atoms with Gasteiger partial charge in [0.2, 0.25) is 0 Å². The number of hydrogen-bond donors (Lipinski definition) is 3. The molecule has 0 aromatic heterocycles. The average molecular weight is 338 g/mol. The summed E-state index contributed by atoms with van der Waals surface area (Å²) in [5.74, 6) is 0.301. The van der Waals surface area contributed by atoms with E-state index in [-0.39, 0.29) is 18.0 Å². The lowest BCUT2D eigenvalue weighted by molar-refractivity contribution is -0.125. The molecule has 1 saturated carbocycles. The average Bonchev–Trinajstić information content (AvgIpc) is 2.84. The van der Waals surface area contributed by atoms with Crippen LogP contribution in [0.1, 0.15) is 38.5 Å². The van der Waals surface area contributed by atoms with Crippen molar-refractivity contribution in [2.45, 2.75) is 50.1 Å². The standard InChI is InChI=1S/C16H26N4O4/c1-24-10-11-4-8-20(9-5-11)15(23)17-12-2-6-16(7-3-12)13(21)18-14(22)19-16/h11-12H,2-10H2,1H3,(H,17,23)(H2,18,19,21,22). The van der Waals surface area contributed by atoms with Gasteiger partial charge in [0.1, 0.15) is 5.54 Å². The van der Waals surface area contributed by atoms with Crippen LogP contribution >= 0.6 is 0 Å².